The lowest BCUT2D eigenvalue weighted by Gasteiger charge is -2.24. The van der Waals surface area contributed by atoms with E-state index in [0.29, 0.717) is 6.42 Å². The summed E-state index contributed by atoms with van der Waals surface area (Å²) in [6.07, 6.45) is 1.82. The minimum Gasteiger partial charge on any atom is -0.481 e. The highest BCUT2D eigenvalue weighted by atomic mass is 16.5. The Morgan fingerprint density at radius 2 is 1.89 bits per heavy atom. The van der Waals surface area contributed by atoms with E-state index in [1.807, 2.05) is 30.3 Å². The maximum Gasteiger partial charge on any atom is 0.303 e. The van der Waals surface area contributed by atoms with Gasteiger partial charge in [0.05, 0.1) is 0 Å². The molecule has 0 unspecified atom stereocenters. The number of para-hydroxylation sites is 1. The van der Waals surface area contributed by atoms with Gasteiger partial charge < -0.3 is 14.7 Å². The third kappa shape index (κ3) is 5.68. The second-order valence-corrected chi connectivity index (χ2v) is 4.17. The summed E-state index contributed by atoms with van der Waals surface area (Å²) in [4.78, 5) is 12.7. The summed E-state index contributed by atoms with van der Waals surface area (Å²) in [5.41, 5.74) is 1.14. The molecule has 100 valence electrons. The molecule has 0 saturated heterocycles. The minimum absolute atomic E-state index is 0.216. The molecule has 0 atom stereocenters. The number of carboxylic acids is 1. The Balaban J connectivity index is 2.49. The topological polar surface area (TPSA) is 49.8 Å². The Morgan fingerprint density at radius 1 is 1.22 bits per heavy atom. The van der Waals surface area contributed by atoms with Crippen molar-refractivity contribution in [3.05, 3.63) is 30.3 Å². The first-order valence-electron chi connectivity index (χ1n) is 6.24. The lowest BCUT2D eigenvalue weighted by molar-refractivity contribution is -0.137. The fourth-order valence-corrected chi connectivity index (χ4v) is 1.83. The molecular formula is C14H21NO3. The SMILES string of the molecule is COCCCN(CCCC(=O)O)c1ccccc1. The van der Waals surface area contributed by atoms with Gasteiger partial charge in [-0.1, -0.05) is 18.2 Å². The quantitative estimate of drug-likeness (QED) is 0.685. The predicted octanol–water partition coefficient (Wildman–Crippen LogP) is 2.39. The van der Waals surface area contributed by atoms with Gasteiger partial charge in [0.1, 0.15) is 0 Å². The van der Waals surface area contributed by atoms with Crippen LogP contribution in [-0.2, 0) is 9.53 Å². The van der Waals surface area contributed by atoms with Gasteiger partial charge in [0, 0.05) is 38.9 Å². The van der Waals surface area contributed by atoms with Crippen molar-refractivity contribution in [1.82, 2.24) is 0 Å². The zero-order valence-corrected chi connectivity index (χ0v) is 10.8. The normalized spacial score (nSPS) is 10.3. The summed E-state index contributed by atoms with van der Waals surface area (Å²) in [5, 5.41) is 8.67. The number of hydrogen-bond acceptors (Lipinski definition) is 3. The van der Waals surface area contributed by atoms with Gasteiger partial charge in [0.15, 0.2) is 0 Å². The van der Waals surface area contributed by atoms with Crippen LogP contribution >= 0.6 is 0 Å². The summed E-state index contributed by atoms with van der Waals surface area (Å²) in [6, 6.07) is 10.1. The molecule has 0 aromatic heterocycles. The number of aliphatic carboxylic acids is 1. The molecule has 0 aliphatic heterocycles. The summed E-state index contributed by atoms with van der Waals surface area (Å²) in [7, 11) is 1.69. The monoisotopic (exact) mass is 251 g/mol. The molecule has 0 aliphatic carbocycles. The number of rotatable bonds is 9. The molecule has 0 amide bonds. The third-order valence-corrected chi connectivity index (χ3v) is 2.72. The first kappa shape index (κ1) is 14.5. The Morgan fingerprint density at radius 3 is 2.50 bits per heavy atom. The molecule has 1 aromatic carbocycles. The van der Waals surface area contributed by atoms with Crippen molar-refractivity contribution in [2.24, 2.45) is 0 Å². The smallest absolute Gasteiger partial charge is 0.303 e. The van der Waals surface area contributed by atoms with Crippen molar-refractivity contribution >= 4 is 11.7 Å². The Bertz CT molecular complexity index is 340. The average Bonchev–Trinajstić information content (AvgIpc) is 2.38. The van der Waals surface area contributed by atoms with Crippen LogP contribution in [0, 0.1) is 0 Å². The van der Waals surface area contributed by atoms with E-state index in [0.717, 1.165) is 31.8 Å². The minimum atomic E-state index is -0.736. The molecule has 1 rings (SSSR count). The Hall–Kier alpha value is -1.55. The van der Waals surface area contributed by atoms with E-state index in [-0.39, 0.29) is 6.42 Å². The molecule has 0 heterocycles. The van der Waals surface area contributed by atoms with Crippen molar-refractivity contribution in [1.29, 1.82) is 0 Å². The third-order valence-electron chi connectivity index (χ3n) is 2.72. The van der Waals surface area contributed by atoms with E-state index in [2.05, 4.69) is 4.90 Å². The molecule has 4 nitrogen and oxygen atoms in total. The van der Waals surface area contributed by atoms with Crippen LogP contribution in [0.15, 0.2) is 30.3 Å². The van der Waals surface area contributed by atoms with Gasteiger partial charge >= 0.3 is 5.97 Å². The number of benzene rings is 1. The van der Waals surface area contributed by atoms with E-state index in [1.165, 1.54) is 0 Å². The summed E-state index contributed by atoms with van der Waals surface area (Å²) >= 11 is 0. The van der Waals surface area contributed by atoms with Crippen molar-refractivity contribution in [2.75, 3.05) is 31.7 Å². The molecule has 1 N–H and O–H groups in total. The number of carboxylic acid groups (broad SMARTS) is 1. The van der Waals surface area contributed by atoms with Crippen LogP contribution in [0.3, 0.4) is 0 Å². The van der Waals surface area contributed by atoms with E-state index >= 15 is 0 Å². The summed E-state index contributed by atoms with van der Waals surface area (Å²) < 4.78 is 5.05. The van der Waals surface area contributed by atoms with Crippen molar-refractivity contribution < 1.29 is 14.6 Å². The first-order valence-corrected chi connectivity index (χ1v) is 6.24. The van der Waals surface area contributed by atoms with Gasteiger partial charge in [0.2, 0.25) is 0 Å². The second-order valence-electron chi connectivity index (χ2n) is 4.17. The molecular weight excluding hydrogens is 230 g/mol. The Kier molecular flexibility index (Phi) is 6.87. The van der Waals surface area contributed by atoms with E-state index in [9.17, 15) is 4.79 Å². The van der Waals surface area contributed by atoms with E-state index in [4.69, 9.17) is 9.84 Å². The van der Waals surface area contributed by atoms with Crippen LogP contribution in [0.25, 0.3) is 0 Å². The lowest BCUT2D eigenvalue weighted by atomic mass is 10.2. The van der Waals surface area contributed by atoms with Crippen molar-refractivity contribution in [3.63, 3.8) is 0 Å². The molecule has 0 saturated carbocycles. The Labute approximate surface area is 108 Å². The molecule has 0 spiro atoms. The van der Waals surface area contributed by atoms with Crippen LogP contribution in [0.1, 0.15) is 19.3 Å². The van der Waals surface area contributed by atoms with Gasteiger partial charge in [-0.05, 0) is 25.0 Å². The highest BCUT2D eigenvalue weighted by molar-refractivity contribution is 5.66. The number of ether oxygens (including phenoxy) is 1. The number of hydrogen-bond donors (Lipinski definition) is 1. The van der Waals surface area contributed by atoms with Crippen molar-refractivity contribution in [2.45, 2.75) is 19.3 Å². The van der Waals surface area contributed by atoms with Crippen LogP contribution in [-0.4, -0.2) is 37.9 Å². The molecule has 0 aliphatic rings. The lowest BCUT2D eigenvalue weighted by Crippen LogP contribution is -2.26. The highest BCUT2D eigenvalue weighted by Crippen LogP contribution is 2.14. The number of methoxy groups -OCH3 is 1. The molecule has 4 heteroatoms. The van der Waals surface area contributed by atoms with Crippen LogP contribution in [0.5, 0.6) is 0 Å². The number of anilines is 1. The van der Waals surface area contributed by atoms with Gasteiger partial charge in [0.25, 0.3) is 0 Å². The maximum absolute atomic E-state index is 10.5. The average molecular weight is 251 g/mol. The fourth-order valence-electron chi connectivity index (χ4n) is 1.83. The van der Waals surface area contributed by atoms with Gasteiger partial charge in [-0.15, -0.1) is 0 Å². The standard InChI is InChI=1S/C14H21NO3/c1-18-12-6-11-15(10-5-9-14(16)17)13-7-3-2-4-8-13/h2-4,7-8H,5-6,9-12H2,1H3,(H,16,17). The van der Waals surface area contributed by atoms with Gasteiger partial charge in [-0.2, -0.15) is 0 Å². The van der Waals surface area contributed by atoms with Gasteiger partial charge in [-0.25, -0.2) is 0 Å². The summed E-state index contributed by atoms with van der Waals surface area (Å²) in [5.74, 6) is -0.736. The van der Waals surface area contributed by atoms with Gasteiger partial charge in [-0.3, -0.25) is 4.79 Å². The largest absolute Gasteiger partial charge is 0.481 e. The van der Waals surface area contributed by atoms with Crippen molar-refractivity contribution in [3.8, 4) is 0 Å². The van der Waals surface area contributed by atoms with E-state index in [1.54, 1.807) is 7.11 Å². The van der Waals surface area contributed by atoms with Crippen LogP contribution in [0.2, 0.25) is 0 Å². The molecule has 0 radical (unpaired) electrons. The zero-order chi connectivity index (χ0) is 13.2. The second kappa shape index (κ2) is 8.53. The number of nitrogens with zero attached hydrogens (tertiary/aromatic N) is 1. The molecule has 18 heavy (non-hydrogen) atoms. The van der Waals surface area contributed by atoms with Crippen LogP contribution < -0.4 is 4.90 Å². The van der Waals surface area contributed by atoms with E-state index < -0.39 is 5.97 Å². The predicted molar refractivity (Wildman–Crippen MR) is 72.0 cm³/mol. The number of carbonyl (C=O) groups is 1. The van der Waals surface area contributed by atoms with Crippen LogP contribution in [0.4, 0.5) is 5.69 Å². The highest BCUT2D eigenvalue weighted by Gasteiger charge is 2.06. The molecule has 0 fully saturated rings. The summed E-state index contributed by atoms with van der Waals surface area (Å²) in [6.45, 7) is 2.37. The zero-order valence-electron chi connectivity index (χ0n) is 10.8. The maximum atomic E-state index is 10.5. The molecule has 1 aromatic rings. The first-order chi connectivity index (χ1) is 8.74. The molecule has 0 bridgehead atoms. The fraction of sp³-hybridized carbons (Fsp3) is 0.500.